The molecule has 2 N–H and O–H groups in total. The standard InChI is InChI=1S/C18H22O6/c1-21-13-7-5-11(9-15(13)23-3)17(19)18(20)12-6-8-14(22-2)16(10-12)24-4/h5-10,17-20H,1-4H3. The van der Waals surface area contributed by atoms with Crippen LogP contribution in [0.4, 0.5) is 0 Å². The number of benzene rings is 2. The lowest BCUT2D eigenvalue weighted by molar-refractivity contribution is 0.0169. The Hall–Kier alpha value is -2.44. The van der Waals surface area contributed by atoms with Crippen LogP contribution >= 0.6 is 0 Å². The van der Waals surface area contributed by atoms with Crippen LogP contribution in [0.3, 0.4) is 0 Å². The number of hydrogen-bond acceptors (Lipinski definition) is 6. The molecule has 130 valence electrons. The smallest absolute Gasteiger partial charge is 0.161 e. The van der Waals surface area contributed by atoms with Crippen LogP contribution in [0.2, 0.25) is 0 Å². The van der Waals surface area contributed by atoms with Gasteiger partial charge in [-0.25, -0.2) is 0 Å². The van der Waals surface area contributed by atoms with Crippen LogP contribution < -0.4 is 18.9 Å². The van der Waals surface area contributed by atoms with Crippen molar-refractivity contribution in [3.05, 3.63) is 47.5 Å². The summed E-state index contributed by atoms with van der Waals surface area (Å²) in [4.78, 5) is 0. The van der Waals surface area contributed by atoms with E-state index in [1.165, 1.54) is 28.4 Å². The van der Waals surface area contributed by atoms with Crippen molar-refractivity contribution >= 4 is 0 Å². The number of ether oxygens (including phenoxy) is 4. The molecule has 2 rings (SSSR count). The van der Waals surface area contributed by atoms with E-state index in [9.17, 15) is 10.2 Å². The van der Waals surface area contributed by atoms with Crippen molar-refractivity contribution < 1.29 is 29.2 Å². The quantitative estimate of drug-likeness (QED) is 0.810. The molecule has 0 bridgehead atoms. The van der Waals surface area contributed by atoms with Crippen LogP contribution in [-0.4, -0.2) is 38.7 Å². The third-order valence-corrected chi connectivity index (χ3v) is 3.80. The maximum atomic E-state index is 10.5. The van der Waals surface area contributed by atoms with Crippen LogP contribution in [-0.2, 0) is 0 Å². The molecule has 0 radical (unpaired) electrons. The average molecular weight is 334 g/mol. The molecule has 2 aromatic rings. The van der Waals surface area contributed by atoms with Crippen molar-refractivity contribution in [2.75, 3.05) is 28.4 Å². The number of aliphatic hydroxyl groups is 2. The first kappa shape index (κ1) is 17.9. The van der Waals surface area contributed by atoms with Crippen molar-refractivity contribution in [3.63, 3.8) is 0 Å². The number of rotatable bonds is 7. The van der Waals surface area contributed by atoms with E-state index in [4.69, 9.17) is 18.9 Å². The van der Waals surface area contributed by atoms with Crippen molar-refractivity contribution in [1.29, 1.82) is 0 Å². The summed E-state index contributed by atoms with van der Waals surface area (Å²) in [5.74, 6) is 2.06. The monoisotopic (exact) mass is 334 g/mol. The molecule has 6 heteroatoms. The summed E-state index contributed by atoms with van der Waals surface area (Å²) in [5.41, 5.74) is 1.02. The van der Waals surface area contributed by atoms with Crippen LogP contribution in [0, 0.1) is 0 Å². The molecule has 0 heterocycles. The molecule has 0 aliphatic heterocycles. The zero-order chi connectivity index (χ0) is 17.7. The first-order chi connectivity index (χ1) is 11.5. The Bertz CT molecular complexity index is 626. The summed E-state index contributed by atoms with van der Waals surface area (Å²) in [5, 5.41) is 21.0. The highest BCUT2D eigenvalue weighted by Crippen LogP contribution is 2.37. The Kier molecular flexibility index (Phi) is 5.89. The predicted molar refractivity (Wildman–Crippen MR) is 89.0 cm³/mol. The van der Waals surface area contributed by atoms with Gasteiger partial charge in [0.2, 0.25) is 0 Å². The van der Waals surface area contributed by atoms with Crippen LogP contribution in [0.1, 0.15) is 23.3 Å². The van der Waals surface area contributed by atoms with Gasteiger partial charge in [0.25, 0.3) is 0 Å². The number of hydrogen-bond donors (Lipinski definition) is 2. The lowest BCUT2D eigenvalue weighted by Crippen LogP contribution is -2.11. The molecule has 0 aromatic heterocycles. The summed E-state index contributed by atoms with van der Waals surface area (Å²) in [7, 11) is 6.09. The van der Waals surface area contributed by atoms with Gasteiger partial charge in [-0.05, 0) is 35.4 Å². The second kappa shape index (κ2) is 7.90. The molecule has 0 amide bonds. The van der Waals surface area contributed by atoms with Gasteiger partial charge in [-0.2, -0.15) is 0 Å². The first-order valence-corrected chi connectivity index (χ1v) is 7.35. The number of aliphatic hydroxyl groups excluding tert-OH is 2. The lowest BCUT2D eigenvalue weighted by atomic mass is 9.97. The van der Waals surface area contributed by atoms with Gasteiger partial charge in [0.1, 0.15) is 12.2 Å². The maximum Gasteiger partial charge on any atom is 0.161 e. The SMILES string of the molecule is COc1ccc(C(O)C(O)c2ccc(OC)c(OC)c2)cc1OC. The summed E-state index contributed by atoms with van der Waals surface area (Å²) < 4.78 is 20.8. The van der Waals surface area contributed by atoms with Crippen LogP contribution in [0.5, 0.6) is 23.0 Å². The van der Waals surface area contributed by atoms with Gasteiger partial charge in [-0.3, -0.25) is 0 Å². The highest BCUT2D eigenvalue weighted by Gasteiger charge is 2.23. The topological polar surface area (TPSA) is 77.4 Å². The van der Waals surface area contributed by atoms with Crippen molar-refractivity contribution in [1.82, 2.24) is 0 Å². The zero-order valence-corrected chi connectivity index (χ0v) is 14.1. The van der Waals surface area contributed by atoms with Gasteiger partial charge in [0.05, 0.1) is 28.4 Å². The van der Waals surface area contributed by atoms with Crippen molar-refractivity contribution in [2.45, 2.75) is 12.2 Å². The second-order valence-electron chi connectivity index (χ2n) is 5.12. The molecular weight excluding hydrogens is 312 g/mol. The fourth-order valence-corrected chi connectivity index (χ4v) is 2.44. The van der Waals surface area contributed by atoms with Crippen molar-refractivity contribution in [3.8, 4) is 23.0 Å². The molecule has 0 saturated heterocycles. The summed E-state index contributed by atoms with van der Waals surface area (Å²) in [6.07, 6.45) is -2.27. The third-order valence-electron chi connectivity index (χ3n) is 3.80. The molecular formula is C18H22O6. The molecule has 0 aliphatic rings. The van der Waals surface area contributed by atoms with E-state index in [2.05, 4.69) is 0 Å². The fourth-order valence-electron chi connectivity index (χ4n) is 2.44. The molecule has 2 aromatic carbocycles. The van der Waals surface area contributed by atoms with Gasteiger partial charge >= 0.3 is 0 Å². The van der Waals surface area contributed by atoms with Gasteiger partial charge in [0, 0.05) is 0 Å². The normalized spacial score (nSPS) is 13.1. The van der Waals surface area contributed by atoms with Gasteiger partial charge in [-0.15, -0.1) is 0 Å². The number of methoxy groups -OCH3 is 4. The van der Waals surface area contributed by atoms with Gasteiger partial charge in [0.15, 0.2) is 23.0 Å². The highest BCUT2D eigenvalue weighted by atomic mass is 16.5. The largest absolute Gasteiger partial charge is 0.493 e. The second-order valence-corrected chi connectivity index (χ2v) is 5.12. The Morgan fingerprint density at radius 3 is 1.21 bits per heavy atom. The Labute approximate surface area is 141 Å². The van der Waals surface area contributed by atoms with E-state index in [0.29, 0.717) is 34.1 Å². The lowest BCUT2D eigenvalue weighted by Gasteiger charge is -2.20. The minimum absolute atomic E-state index is 0.480. The average Bonchev–Trinajstić information content (AvgIpc) is 2.65. The van der Waals surface area contributed by atoms with Gasteiger partial charge < -0.3 is 29.2 Å². The zero-order valence-electron chi connectivity index (χ0n) is 14.1. The molecule has 6 nitrogen and oxygen atoms in total. The van der Waals surface area contributed by atoms with E-state index in [1.807, 2.05) is 0 Å². The molecule has 24 heavy (non-hydrogen) atoms. The first-order valence-electron chi connectivity index (χ1n) is 7.35. The summed E-state index contributed by atoms with van der Waals surface area (Å²) in [6, 6.07) is 9.98. The Morgan fingerprint density at radius 1 is 0.583 bits per heavy atom. The molecule has 0 spiro atoms. The third kappa shape index (κ3) is 3.55. The van der Waals surface area contributed by atoms with E-state index in [1.54, 1.807) is 36.4 Å². The molecule has 0 fully saturated rings. The summed E-state index contributed by atoms with van der Waals surface area (Å²) in [6.45, 7) is 0. The minimum Gasteiger partial charge on any atom is -0.493 e. The highest BCUT2D eigenvalue weighted by molar-refractivity contribution is 5.46. The van der Waals surface area contributed by atoms with E-state index in [0.717, 1.165) is 0 Å². The fraction of sp³-hybridized carbons (Fsp3) is 0.333. The molecule has 2 atom stereocenters. The van der Waals surface area contributed by atoms with Gasteiger partial charge in [-0.1, -0.05) is 12.1 Å². The predicted octanol–water partition coefficient (Wildman–Crippen LogP) is 2.49. The molecule has 0 aliphatic carbocycles. The molecule has 0 saturated carbocycles. The van der Waals surface area contributed by atoms with E-state index < -0.39 is 12.2 Å². The van der Waals surface area contributed by atoms with Crippen LogP contribution in [0.15, 0.2) is 36.4 Å². The van der Waals surface area contributed by atoms with E-state index >= 15 is 0 Å². The minimum atomic E-state index is -1.14. The maximum absolute atomic E-state index is 10.5. The van der Waals surface area contributed by atoms with Crippen LogP contribution in [0.25, 0.3) is 0 Å². The molecule has 2 unspecified atom stereocenters. The Balaban J connectivity index is 2.30. The van der Waals surface area contributed by atoms with Crippen molar-refractivity contribution in [2.24, 2.45) is 0 Å². The Morgan fingerprint density at radius 2 is 0.917 bits per heavy atom. The van der Waals surface area contributed by atoms with E-state index in [-0.39, 0.29) is 0 Å². The summed E-state index contributed by atoms with van der Waals surface area (Å²) >= 11 is 0.